The minimum atomic E-state index is -1.09. The molecule has 0 spiro atoms. The van der Waals surface area contributed by atoms with E-state index in [0.29, 0.717) is 56.9 Å². The van der Waals surface area contributed by atoms with Crippen LogP contribution in [0.15, 0.2) is 54.6 Å². The fourth-order valence-electron chi connectivity index (χ4n) is 9.64. The number of urea groups is 1. The number of fused-ring (bicyclic) bond motifs is 6. The zero-order valence-electron chi connectivity index (χ0n) is 41.8. The molecule has 5 amide bonds. The Morgan fingerprint density at radius 2 is 1.81 bits per heavy atom. The summed E-state index contributed by atoms with van der Waals surface area (Å²) in [6, 6.07) is 7.06. The lowest BCUT2D eigenvalue weighted by Crippen LogP contribution is -2.62. The molecule has 0 unspecified atom stereocenters. The molecule has 4 aromatic rings. The molecule has 21 heteroatoms. The number of cyclic esters (lactones) is 1. The standard InChI is InChI=1S/C49H65N9O7S.4H2S/c1-11-41(59)54(8)32-19-22-56(26-32)48(63)55(9)43(29(3)4)45(60)52-37-24-40-51-38(27-66-40)31-17-18-39-34(23-31)35(44(57(39)12-2)33-15-13-20-50-42(33)30(5)64-10)25-49(6,7)28-65-47(62)36-16-14-21-58(53-36)46(37)61;;;;/h11,13,15,17-18,20,23,27,29-30,32,36-37,43,53H,1,12,14,16,19,21-22,24-26,28H2,2-10H3,(H,52,60);4*1H2/t30-,32-,36-,37-,43-;;;;/m0..../s1. The summed E-state index contributed by atoms with van der Waals surface area (Å²) >= 11 is 1.40. The molecule has 6 heterocycles. The van der Waals surface area contributed by atoms with Crippen LogP contribution in [-0.4, -0.2) is 136 Å². The number of carbonyl (C=O) groups is 5. The zero-order valence-corrected chi connectivity index (χ0v) is 46.6. The number of likely N-dealkylation sites (tertiary alicyclic amines) is 1. The molecule has 3 aliphatic heterocycles. The number of hydrazine groups is 1. The molecule has 3 aliphatic rings. The number of methoxy groups -OCH3 is 1. The number of likely N-dealkylation sites (N-methyl/N-ethyl adjacent to an activating group) is 2. The molecule has 3 aromatic heterocycles. The van der Waals surface area contributed by atoms with Crippen LogP contribution in [0.2, 0.25) is 0 Å². The first-order valence-corrected chi connectivity index (χ1v) is 23.9. The zero-order chi connectivity index (χ0) is 47.6. The third kappa shape index (κ3) is 12.7. The van der Waals surface area contributed by atoms with Crippen LogP contribution in [0.5, 0.6) is 0 Å². The van der Waals surface area contributed by atoms with Crippen molar-refractivity contribution >= 4 is 106 Å². The van der Waals surface area contributed by atoms with E-state index in [1.54, 1.807) is 37.2 Å². The van der Waals surface area contributed by atoms with Gasteiger partial charge in [-0.2, -0.15) is 54.0 Å². The lowest BCUT2D eigenvalue weighted by atomic mass is 9.84. The first kappa shape index (κ1) is 60.1. The van der Waals surface area contributed by atoms with Crippen molar-refractivity contribution in [3.05, 3.63) is 70.8 Å². The third-order valence-corrected chi connectivity index (χ3v) is 14.1. The lowest BCUT2D eigenvalue weighted by molar-refractivity contribution is -0.155. The molecule has 70 heavy (non-hydrogen) atoms. The number of rotatable bonds is 10. The van der Waals surface area contributed by atoms with Crippen molar-refractivity contribution < 1.29 is 33.4 Å². The van der Waals surface area contributed by atoms with Crippen molar-refractivity contribution in [1.29, 1.82) is 0 Å². The van der Waals surface area contributed by atoms with E-state index in [1.165, 1.54) is 27.3 Å². The Kier molecular flexibility index (Phi) is 21.8. The molecule has 386 valence electrons. The predicted molar refractivity (Wildman–Crippen MR) is 296 cm³/mol. The number of aryl methyl sites for hydroxylation is 1. The smallest absolute Gasteiger partial charge is 0.324 e. The summed E-state index contributed by atoms with van der Waals surface area (Å²) in [5, 5.41) is 8.09. The summed E-state index contributed by atoms with van der Waals surface area (Å²) in [4.78, 5) is 83.8. The molecular formula is C49H73N9O7S5. The SMILES string of the molecule is C=CC(=O)N(C)[C@H]1CCN(C(=O)N(C)[C@H](C(=O)N[C@H]2Cc3nc(cs3)-c3ccc4c(c3)c(c(-c3cccnc3[C@H](C)OC)n4CC)CC(C)(C)COC(=O)[C@@H]3CCCN(N3)C2=O)C(C)C)C1.S.S.S.S. The second-order valence-corrected chi connectivity index (χ2v) is 19.8. The van der Waals surface area contributed by atoms with Gasteiger partial charge in [0.05, 0.1) is 40.8 Å². The molecular weight excluding hydrogens is 987 g/mol. The van der Waals surface area contributed by atoms with Crippen LogP contribution in [-0.2, 0) is 48.0 Å². The number of thiazole rings is 1. The topological polar surface area (TPSA) is 172 Å². The average molecular weight is 1060 g/mol. The molecule has 2 saturated heterocycles. The Labute approximate surface area is 444 Å². The molecule has 16 nitrogen and oxygen atoms in total. The van der Waals surface area contributed by atoms with E-state index in [2.05, 4.69) is 66.9 Å². The van der Waals surface area contributed by atoms with Gasteiger partial charge in [-0.1, -0.05) is 40.3 Å². The summed E-state index contributed by atoms with van der Waals surface area (Å²) in [5.41, 5.74) is 9.25. The van der Waals surface area contributed by atoms with Crippen LogP contribution in [0, 0.1) is 11.3 Å². The van der Waals surface area contributed by atoms with E-state index in [1.807, 2.05) is 32.2 Å². The summed E-state index contributed by atoms with van der Waals surface area (Å²) in [6.07, 6.45) is 5.03. The van der Waals surface area contributed by atoms with Crippen LogP contribution >= 0.6 is 65.3 Å². The summed E-state index contributed by atoms with van der Waals surface area (Å²) < 4.78 is 14.2. The maximum Gasteiger partial charge on any atom is 0.324 e. The fraction of sp³-hybridized carbons (Fsp3) is 0.531. The van der Waals surface area contributed by atoms with Gasteiger partial charge in [0, 0.05) is 92.8 Å². The minimum Gasteiger partial charge on any atom is -0.464 e. The number of pyridine rings is 1. The first-order valence-electron chi connectivity index (χ1n) is 23.0. The van der Waals surface area contributed by atoms with E-state index in [0.717, 1.165) is 44.7 Å². The number of amides is 5. The molecule has 0 saturated carbocycles. The van der Waals surface area contributed by atoms with Crippen LogP contribution in [0.1, 0.15) is 83.2 Å². The van der Waals surface area contributed by atoms with Crippen LogP contribution in [0.4, 0.5) is 4.79 Å². The fourth-order valence-corrected chi connectivity index (χ4v) is 10.5. The van der Waals surface area contributed by atoms with Crippen LogP contribution in [0.3, 0.4) is 0 Å². The quantitative estimate of drug-likeness (QED) is 0.133. The van der Waals surface area contributed by atoms with Gasteiger partial charge in [0.25, 0.3) is 5.91 Å². The van der Waals surface area contributed by atoms with Crippen molar-refractivity contribution in [3.63, 3.8) is 0 Å². The Hall–Kier alpha value is -4.25. The molecule has 6 bridgehead atoms. The minimum absolute atomic E-state index is 0. The maximum absolute atomic E-state index is 14.6. The van der Waals surface area contributed by atoms with E-state index in [9.17, 15) is 24.0 Å². The number of nitrogens with one attached hydrogen (secondary N) is 2. The molecule has 2 fully saturated rings. The Bertz CT molecular complexity index is 2500. The molecule has 2 N–H and O–H groups in total. The summed E-state index contributed by atoms with van der Waals surface area (Å²) in [5.74, 6) is -1.92. The highest BCUT2D eigenvalue weighted by Gasteiger charge is 2.40. The Balaban J connectivity index is 0.00000324. The van der Waals surface area contributed by atoms with E-state index < -0.39 is 41.3 Å². The van der Waals surface area contributed by atoms with Crippen molar-refractivity contribution in [2.75, 3.05) is 47.4 Å². The number of nitrogens with zero attached hydrogens (tertiary/aromatic N) is 7. The molecule has 5 atom stereocenters. The molecule has 0 aliphatic carbocycles. The van der Waals surface area contributed by atoms with Gasteiger partial charge in [0.15, 0.2) is 0 Å². The van der Waals surface area contributed by atoms with Crippen molar-refractivity contribution in [2.45, 2.75) is 110 Å². The summed E-state index contributed by atoms with van der Waals surface area (Å²) in [6.45, 7) is 17.5. The van der Waals surface area contributed by atoms with Gasteiger partial charge in [-0.05, 0) is 81.4 Å². The third-order valence-electron chi connectivity index (χ3n) is 13.3. The average Bonchev–Trinajstić information content (AvgIpc) is 4.07. The van der Waals surface area contributed by atoms with Gasteiger partial charge < -0.3 is 34.1 Å². The Morgan fingerprint density at radius 3 is 2.49 bits per heavy atom. The monoisotopic (exact) mass is 1060 g/mol. The van der Waals surface area contributed by atoms with Crippen molar-refractivity contribution in [3.8, 4) is 22.5 Å². The number of ether oxygens (including phenoxy) is 2. The number of hydrogen-bond donors (Lipinski definition) is 2. The summed E-state index contributed by atoms with van der Waals surface area (Å²) in [7, 11) is 4.97. The molecule has 0 radical (unpaired) electrons. The lowest BCUT2D eigenvalue weighted by Gasteiger charge is -2.37. The number of hydrogen-bond acceptors (Lipinski definition) is 11. The predicted octanol–water partition coefficient (Wildman–Crippen LogP) is 6.45. The number of esters is 1. The maximum atomic E-state index is 14.6. The highest BCUT2D eigenvalue weighted by Crippen LogP contribution is 2.42. The van der Waals surface area contributed by atoms with Gasteiger partial charge in [0.1, 0.15) is 18.1 Å². The van der Waals surface area contributed by atoms with Crippen molar-refractivity contribution in [1.82, 2.24) is 45.0 Å². The Morgan fingerprint density at radius 1 is 1.09 bits per heavy atom. The second kappa shape index (κ2) is 25.4. The largest absolute Gasteiger partial charge is 0.464 e. The van der Waals surface area contributed by atoms with Crippen molar-refractivity contribution in [2.24, 2.45) is 11.3 Å². The normalized spacial score (nSPS) is 19.8. The number of benzene rings is 1. The highest BCUT2D eigenvalue weighted by atomic mass is 32.1. The van der Waals surface area contributed by atoms with Gasteiger partial charge in [-0.15, -0.1) is 11.3 Å². The molecule has 7 rings (SSSR count). The van der Waals surface area contributed by atoms with Gasteiger partial charge in [0.2, 0.25) is 11.8 Å². The van der Waals surface area contributed by atoms with E-state index >= 15 is 0 Å². The van der Waals surface area contributed by atoms with Gasteiger partial charge in [-0.25, -0.2) is 15.2 Å². The first-order chi connectivity index (χ1) is 31.5. The second-order valence-electron chi connectivity index (χ2n) is 18.9. The van der Waals surface area contributed by atoms with E-state index in [4.69, 9.17) is 19.4 Å². The number of aromatic nitrogens is 3. The van der Waals surface area contributed by atoms with Gasteiger partial charge >= 0.3 is 12.0 Å². The van der Waals surface area contributed by atoms with Crippen LogP contribution < -0.4 is 10.7 Å². The highest BCUT2D eigenvalue weighted by molar-refractivity contribution is 7.59. The van der Waals surface area contributed by atoms with Crippen LogP contribution in [0.25, 0.3) is 33.4 Å². The van der Waals surface area contributed by atoms with Gasteiger partial charge in [-0.3, -0.25) is 29.2 Å². The number of carbonyl (C=O) groups excluding carboxylic acids is 5. The molecule has 1 aromatic carbocycles. The van der Waals surface area contributed by atoms with E-state index in [-0.39, 0.29) is 97.0 Å².